The predicted octanol–water partition coefficient (Wildman–Crippen LogP) is 4.27. The van der Waals surface area contributed by atoms with E-state index in [1.165, 1.54) is 0 Å². The summed E-state index contributed by atoms with van der Waals surface area (Å²) < 4.78 is 0. The standard InChI is InChI=1S/C19H21ClN2O2S/c1-3-21-18(23)12-25-11-14-4-6-15(7-5-14)19(24)22-16-8-9-17(20)13(2)10-16/h4-10H,3,11-12H2,1-2H3,(H,21,23)(H,22,24). The topological polar surface area (TPSA) is 58.2 Å². The number of benzene rings is 2. The SMILES string of the molecule is CCNC(=O)CSCc1ccc(C(=O)Nc2ccc(Cl)c(C)c2)cc1. The molecule has 0 saturated carbocycles. The van der Waals surface area contributed by atoms with Gasteiger partial charge >= 0.3 is 0 Å². The van der Waals surface area contributed by atoms with Gasteiger partial charge in [0.25, 0.3) is 5.91 Å². The molecule has 132 valence electrons. The van der Waals surface area contributed by atoms with E-state index >= 15 is 0 Å². The van der Waals surface area contributed by atoms with Gasteiger partial charge in [-0.3, -0.25) is 9.59 Å². The number of amides is 2. The van der Waals surface area contributed by atoms with Crippen molar-refractivity contribution in [1.82, 2.24) is 5.32 Å². The molecule has 25 heavy (non-hydrogen) atoms. The molecule has 0 bridgehead atoms. The van der Waals surface area contributed by atoms with Crippen LogP contribution in [0.1, 0.15) is 28.4 Å². The van der Waals surface area contributed by atoms with Gasteiger partial charge in [-0.25, -0.2) is 0 Å². The lowest BCUT2D eigenvalue weighted by atomic mass is 10.1. The van der Waals surface area contributed by atoms with E-state index in [2.05, 4.69) is 10.6 Å². The Labute approximate surface area is 157 Å². The lowest BCUT2D eigenvalue weighted by molar-refractivity contribution is -0.118. The van der Waals surface area contributed by atoms with Crippen molar-refractivity contribution in [1.29, 1.82) is 0 Å². The van der Waals surface area contributed by atoms with E-state index in [0.29, 0.717) is 28.6 Å². The predicted molar refractivity (Wildman–Crippen MR) is 105 cm³/mol. The molecule has 2 aromatic carbocycles. The van der Waals surface area contributed by atoms with Crippen LogP contribution in [0.2, 0.25) is 5.02 Å². The molecule has 0 aliphatic rings. The third kappa shape index (κ3) is 6.11. The van der Waals surface area contributed by atoms with E-state index in [1.54, 1.807) is 36.0 Å². The van der Waals surface area contributed by atoms with Crippen molar-refractivity contribution in [2.24, 2.45) is 0 Å². The highest BCUT2D eigenvalue weighted by atomic mass is 35.5. The zero-order valence-corrected chi connectivity index (χ0v) is 15.8. The molecular formula is C19H21ClN2O2S. The Hall–Kier alpha value is -1.98. The highest BCUT2D eigenvalue weighted by molar-refractivity contribution is 7.99. The molecule has 0 heterocycles. The molecule has 0 aliphatic carbocycles. The molecule has 0 saturated heterocycles. The molecule has 2 aromatic rings. The van der Waals surface area contributed by atoms with E-state index < -0.39 is 0 Å². The first-order chi connectivity index (χ1) is 12.0. The van der Waals surface area contributed by atoms with Crippen molar-refractivity contribution in [2.75, 3.05) is 17.6 Å². The summed E-state index contributed by atoms with van der Waals surface area (Å²) in [5.74, 6) is 1.05. The average molecular weight is 377 g/mol. The molecule has 0 aliphatic heterocycles. The van der Waals surface area contributed by atoms with E-state index in [1.807, 2.05) is 32.0 Å². The van der Waals surface area contributed by atoms with Gasteiger partial charge in [0.2, 0.25) is 5.91 Å². The first-order valence-corrected chi connectivity index (χ1v) is 9.53. The van der Waals surface area contributed by atoms with E-state index in [0.717, 1.165) is 16.9 Å². The molecule has 2 N–H and O–H groups in total. The fraction of sp³-hybridized carbons (Fsp3) is 0.263. The van der Waals surface area contributed by atoms with Crippen LogP contribution in [0, 0.1) is 6.92 Å². The number of hydrogen-bond donors (Lipinski definition) is 2. The molecule has 0 radical (unpaired) electrons. The highest BCUT2D eigenvalue weighted by Crippen LogP contribution is 2.20. The minimum atomic E-state index is -0.164. The van der Waals surface area contributed by atoms with Gasteiger partial charge in [-0.05, 0) is 55.3 Å². The normalized spacial score (nSPS) is 10.4. The molecule has 6 heteroatoms. The van der Waals surface area contributed by atoms with Crippen molar-refractivity contribution in [3.05, 3.63) is 64.2 Å². The van der Waals surface area contributed by atoms with Crippen LogP contribution in [-0.4, -0.2) is 24.1 Å². The molecule has 4 nitrogen and oxygen atoms in total. The summed E-state index contributed by atoms with van der Waals surface area (Å²) in [4.78, 5) is 23.7. The fourth-order valence-corrected chi connectivity index (χ4v) is 3.12. The van der Waals surface area contributed by atoms with Gasteiger partial charge in [-0.1, -0.05) is 23.7 Å². The minimum Gasteiger partial charge on any atom is -0.356 e. The number of aryl methyl sites for hydroxylation is 1. The summed E-state index contributed by atoms with van der Waals surface area (Å²) >= 11 is 7.54. The van der Waals surface area contributed by atoms with Gasteiger partial charge < -0.3 is 10.6 Å². The van der Waals surface area contributed by atoms with E-state index in [-0.39, 0.29) is 11.8 Å². The van der Waals surface area contributed by atoms with Crippen molar-refractivity contribution >= 4 is 40.9 Å². The zero-order chi connectivity index (χ0) is 18.2. The number of rotatable bonds is 7. The quantitative estimate of drug-likeness (QED) is 0.758. The van der Waals surface area contributed by atoms with Crippen molar-refractivity contribution in [3.8, 4) is 0 Å². The lowest BCUT2D eigenvalue weighted by Gasteiger charge is -2.08. The van der Waals surface area contributed by atoms with Gasteiger partial charge in [0, 0.05) is 28.6 Å². The lowest BCUT2D eigenvalue weighted by Crippen LogP contribution is -2.24. The Morgan fingerprint density at radius 1 is 1.12 bits per heavy atom. The maximum Gasteiger partial charge on any atom is 0.255 e. The monoisotopic (exact) mass is 376 g/mol. The highest BCUT2D eigenvalue weighted by Gasteiger charge is 2.07. The van der Waals surface area contributed by atoms with Crippen LogP contribution < -0.4 is 10.6 Å². The largest absolute Gasteiger partial charge is 0.356 e. The number of hydrogen-bond acceptors (Lipinski definition) is 3. The summed E-state index contributed by atoms with van der Waals surface area (Å²) in [6, 6.07) is 12.8. The van der Waals surface area contributed by atoms with Crippen molar-refractivity contribution in [3.63, 3.8) is 0 Å². The Kier molecular flexibility index (Phi) is 7.34. The van der Waals surface area contributed by atoms with Crippen LogP contribution in [0.3, 0.4) is 0 Å². The second-order valence-electron chi connectivity index (χ2n) is 5.56. The number of thioether (sulfide) groups is 1. The molecule has 0 unspecified atom stereocenters. The summed E-state index contributed by atoms with van der Waals surface area (Å²) in [5.41, 5.74) is 3.30. The van der Waals surface area contributed by atoms with Crippen LogP contribution in [0.4, 0.5) is 5.69 Å². The maximum absolute atomic E-state index is 12.3. The van der Waals surface area contributed by atoms with Gasteiger partial charge in [0.05, 0.1) is 5.75 Å². The third-order valence-corrected chi connectivity index (χ3v) is 4.94. The summed E-state index contributed by atoms with van der Waals surface area (Å²) in [6.07, 6.45) is 0. The zero-order valence-electron chi connectivity index (χ0n) is 14.3. The average Bonchev–Trinajstić information content (AvgIpc) is 2.59. The number of carbonyl (C=O) groups is 2. The maximum atomic E-state index is 12.3. The Balaban J connectivity index is 1.89. The van der Waals surface area contributed by atoms with E-state index in [4.69, 9.17) is 11.6 Å². The minimum absolute atomic E-state index is 0.0433. The van der Waals surface area contributed by atoms with Gasteiger partial charge in [0.15, 0.2) is 0 Å². The Bertz CT molecular complexity index is 748. The molecule has 2 rings (SSSR count). The first-order valence-electron chi connectivity index (χ1n) is 8.00. The van der Waals surface area contributed by atoms with Crippen LogP contribution in [-0.2, 0) is 10.5 Å². The number of nitrogens with one attached hydrogen (secondary N) is 2. The van der Waals surface area contributed by atoms with Gasteiger partial charge in [-0.15, -0.1) is 11.8 Å². The van der Waals surface area contributed by atoms with Gasteiger partial charge in [0.1, 0.15) is 0 Å². The van der Waals surface area contributed by atoms with Crippen LogP contribution in [0.5, 0.6) is 0 Å². The van der Waals surface area contributed by atoms with Gasteiger partial charge in [-0.2, -0.15) is 0 Å². The fourth-order valence-electron chi connectivity index (χ4n) is 2.19. The first kappa shape index (κ1) is 19.3. The van der Waals surface area contributed by atoms with Crippen LogP contribution >= 0.6 is 23.4 Å². The molecule has 0 atom stereocenters. The number of anilines is 1. The second kappa shape index (κ2) is 9.49. The van der Waals surface area contributed by atoms with Crippen molar-refractivity contribution < 1.29 is 9.59 Å². The molecule has 0 spiro atoms. The number of halogens is 1. The summed E-state index contributed by atoms with van der Waals surface area (Å²) in [6.45, 7) is 4.44. The molecular weight excluding hydrogens is 356 g/mol. The Morgan fingerprint density at radius 2 is 1.84 bits per heavy atom. The Morgan fingerprint density at radius 3 is 2.48 bits per heavy atom. The van der Waals surface area contributed by atoms with Crippen LogP contribution in [0.25, 0.3) is 0 Å². The smallest absolute Gasteiger partial charge is 0.255 e. The van der Waals surface area contributed by atoms with Crippen LogP contribution in [0.15, 0.2) is 42.5 Å². The van der Waals surface area contributed by atoms with E-state index in [9.17, 15) is 9.59 Å². The summed E-state index contributed by atoms with van der Waals surface area (Å²) in [5, 5.41) is 6.30. The molecule has 0 aromatic heterocycles. The second-order valence-corrected chi connectivity index (χ2v) is 6.95. The molecule has 2 amide bonds. The third-order valence-electron chi connectivity index (χ3n) is 3.51. The molecule has 0 fully saturated rings. The van der Waals surface area contributed by atoms with Crippen molar-refractivity contribution in [2.45, 2.75) is 19.6 Å². The number of carbonyl (C=O) groups excluding carboxylic acids is 2. The summed E-state index contributed by atoms with van der Waals surface area (Å²) in [7, 11) is 0.